The maximum atomic E-state index is 11.8. The van der Waals surface area contributed by atoms with Gasteiger partial charge in [-0.3, -0.25) is 9.97 Å². The van der Waals surface area contributed by atoms with Gasteiger partial charge in [-0.2, -0.15) is 0 Å². The highest BCUT2D eigenvalue weighted by Gasteiger charge is 2.03. The molecular weight excluding hydrogens is 308 g/mol. The topological polar surface area (TPSA) is 66.9 Å². The average molecular weight is 324 g/mol. The molecule has 0 atom stereocenters. The van der Waals surface area contributed by atoms with Gasteiger partial charge in [0.05, 0.1) is 12.2 Å². The number of nitrogens with zero attached hydrogens (tertiary/aromatic N) is 2. The Balaban J connectivity index is 1.55. The maximum absolute atomic E-state index is 11.8. The second kappa shape index (κ2) is 7.51. The van der Waals surface area contributed by atoms with Crippen LogP contribution in [0.2, 0.25) is 0 Å². The number of hydrogen-bond acceptors (Lipinski definition) is 4. The molecule has 0 aliphatic rings. The Morgan fingerprint density at radius 3 is 2.65 bits per heavy atom. The molecule has 2 amide bonds. The summed E-state index contributed by atoms with van der Waals surface area (Å²) in [6.45, 7) is 0.999. The number of carbonyl (C=O) groups is 1. The monoisotopic (exact) mass is 324 g/mol. The van der Waals surface area contributed by atoms with Crippen LogP contribution >= 0.6 is 11.3 Å². The van der Waals surface area contributed by atoms with Gasteiger partial charge in [-0.25, -0.2) is 4.79 Å². The van der Waals surface area contributed by atoms with Crippen molar-refractivity contribution in [3.63, 3.8) is 0 Å². The number of urea groups is 1. The highest BCUT2D eigenvalue weighted by atomic mass is 32.1. The number of amides is 2. The second-order valence-electron chi connectivity index (χ2n) is 4.90. The zero-order valence-corrected chi connectivity index (χ0v) is 13.2. The quantitative estimate of drug-likeness (QED) is 0.757. The molecule has 2 N–H and O–H groups in total. The number of nitrogens with one attached hydrogen (secondary N) is 2. The summed E-state index contributed by atoms with van der Waals surface area (Å²) in [4.78, 5) is 21.3. The average Bonchev–Trinajstić information content (AvgIpc) is 3.13. The first-order valence-electron chi connectivity index (χ1n) is 7.21. The normalized spacial score (nSPS) is 10.3. The fourth-order valence-corrected chi connectivity index (χ4v) is 2.73. The van der Waals surface area contributed by atoms with E-state index in [1.165, 1.54) is 0 Å². The van der Waals surface area contributed by atoms with Gasteiger partial charge < -0.3 is 10.6 Å². The van der Waals surface area contributed by atoms with E-state index >= 15 is 0 Å². The van der Waals surface area contributed by atoms with Crippen LogP contribution in [-0.4, -0.2) is 16.0 Å². The van der Waals surface area contributed by atoms with Gasteiger partial charge in [0.15, 0.2) is 0 Å². The van der Waals surface area contributed by atoms with Crippen molar-refractivity contribution in [3.8, 4) is 11.3 Å². The Morgan fingerprint density at radius 1 is 1.04 bits per heavy atom. The van der Waals surface area contributed by atoms with Crippen LogP contribution in [0, 0.1) is 0 Å². The minimum atomic E-state index is -0.180. The summed E-state index contributed by atoms with van der Waals surface area (Å²) in [5.74, 6) is 0. The van der Waals surface area contributed by atoms with Gasteiger partial charge in [-0.1, -0.05) is 6.07 Å². The van der Waals surface area contributed by atoms with E-state index in [-0.39, 0.29) is 6.03 Å². The largest absolute Gasteiger partial charge is 0.334 e. The molecule has 5 nitrogen and oxygen atoms in total. The summed E-state index contributed by atoms with van der Waals surface area (Å²) >= 11 is 1.62. The van der Waals surface area contributed by atoms with Crippen LogP contribution in [0.4, 0.5) is 4.79 Å². The minimum Gasteiger partial charge on any atom is -0.334 e. The van der Waals surface area contributed by atoms with Crippen molar-refractivity contribution in [2.24, 2.45) is 0 Å². The van der Waals surface area contributed by atoms with Crippen LogP contribution in [0.3, 0.4) is 0 Å². The van der Waals surface area contributed by atoms with E-state index in [2.05, 4.69) is 20.6 Å². The van der Waals surface area contributed by atoms with Gasteiger partial charge in [0.25, 0.3) is 0 Å². The molecule has 0 saturated heterocycles. The number of thiophene rings is 1. The van der Waals surface area contributed by atoms with Crippen molar-refractivity contribution in [1.29, 1.82) is 0 Å². The summed E-state index contributed by atoms with van der Waals surface area (Å²) in [5.41, 5.74) is 2.87. The number of pyridine rings is 2. The first-order chi connectivity index (χ1) is 11.3. The Kier molecular flexibility index (Phi) is 4.95. The number of aromatic nitrogens is 2. The Hall–Kier alpha value is -2.73. The van der Waals surface area contributed by atoms with Crippen molar-refractivity contribution >= 4 is 17.4 Å². The lowest BCUT2D eigenvalue weighted by atomic mass is 10.1. The fraction of sp³-hybridized carbons (Fsp3) is 0.118. The molecule has 3 aromatic rings. The summed E-state index contributed by atoms with van der Waals surface area (Å²) in [7, 11) is 0. The molecule has 0 unspecified atom stereocenters. The lowest BCUT2D eigenvalue weighted by molar-refractivity contribution is 0.240. The maximum Gasteiger partial charge on any atom is 0.315 e. The van der Waals surface area contributed by atoms with E-state index < -0.39 is 0 Å². The van der Waals surface area contributed by atoms with Crippen LogP contribution in [0.15, 0.2) is 60.4 Å². The number of rotatable bonds is 5. The van der Waals surface area contributed by atoms with Gasteiger partial charge in [0.1, 0.15) is 0 Å². The summed E-state index contributed by atoms with van der Waals surface area (Å²) in [5, 5.41) is 7.69. The van der Waals surface area contributed by atoms with E-state index in [1.807, 2.05) is 41.8 Å². The van der Waals surface area contributed by atoms with Crippen molar-refractivity contribution in [1.82, 2.24) is 20.6 Å². The number of hydrogen-bond donors (Lipinski definition) is 2. The molecule has 116 valence electrons. The van der Waals surface area contributed by atoms with Crippen LogP contribution in [0.5, 0.6) is 0 Å². The van der Waals surface area contributed by atoms with E-state index in [0.29, 0.717) is 13.1 Å². The first-order valence-corrected chi connectivity index (χ1v) is 8.08. The molecule has 0 fully saturated rings. The zero-order chi connectivity index (χ0) is 15.9. The summed E-state index contributed by atoms with van der Waals surface area (Å²) in [6, 6.07) is 11.5. The third-order valence-corrected chi connectivity index (χ3v) is 4.13. The van der Waals surface area contributed by atoms with Gasteiger partial charge in [0.2, 0.25) is 0 Å². The molecule has 0 saturated carbocycles. The Labute approximate surface area is 138 Å². The van der Waals surface area contributed by atoms with Crippen LogP contribution < -0.4 is 10.6 Å². The van der Waals surface area contributed by atoms with E-state index in [1.54, 1.807) is 29.9 Å². The lowest BCUT2D eigenvalue weighted by Crippen LogP contribution is -2.34. The standard InChI is InChI=1S/C17H16N4OS/c22-17(21-12-15-2-1-9-23-15)20-11-13-3-8-19-16(10-13)14-4-6-18-7-5-14/h1-10H,11-12H2,(H2,20,21,22). The minimum absolute atomic E-state index is 0.180. The van der Waals surface area contributed by atoms with E-state index in [0.717, 1.165) is 21.7 Å². The molecule has 23 heavy (non-hydrogen) atoms. The van der Waals surface area contributed by atoms with E-state index in [4.69, 9.17) is 0 Å². The van der Waals surface area contributed by atoms with Crippen LogP contribution in [0.25, 0.3) is 11.3 Å². The third kappa shape index (κ3) is 4.37. The highest BCUT2D eigenvalue weighted by Crippen LogP contribution is 2.16. The Morgan fingerprint density at radius 2 is 1.87 bits per heavy atom. The third-order valence-electron chi connectivity index (χ3n) is 3.26. The van der Waals surface area contributed by atoms with Gasteiger partial charge in [0, 0.05) is 35.6 Å². The van der Waals surface area contributed by atoms with Crippen molar-refractivity contribution in [3.05, 3.63) is 70.8 Å². The van der Waals surface area contributed by atoms with Gasteiger partial charge >= 0.3 is 6.03 Å². The lowest BCUT2D eigenvalue weighted by Gasteiger charge is -2.08. The molecule has 0 spiro atoms. The molecule has 3 aromatic heterocycles. The summed E-state index contributed by atoms with van der Waals surface area (Å²) < 4.78 is 0. The Bertz CT molecular complexity index is 759. The fourth-order valence-electron chi connectivity index (χ4n) is 2.09. The molecule has 0 aliphatic heterocycles. The second-order valence-corrected chi connectivity index (χ2v) is 5.93. The first kappa shape index (κ1) is 15.2. The predicted octanol–water partition coefficient (Wildman–Crippen LogP) is 3.20. The predicted molar refractivity (Wildman–Crippen MR) is 90.9 cm³/mol. The molecule has 6 heteroatoms. The van der Waals surface area contributed by atoms with Gasteiger partial charge in [-0.15, -0.1) is 11.3 Å². The molecule has 0 aliphatic carbocycles. The molecule has 3 heterocycles. The number of carbonyl (C=O) groups excluding carboxylic acids is 1. The molecular formula is C17H16N4OS. The van der Waals surface area contributed by atoms with Gasteiger partial charge in [-0.05, 0) is 41.3 Å². The van der Waals surface area contributed by atoms with Crippen molar-refractivity contribution < 1.29 is 4.79 Å². The van der Waals surface area contributed by atoms with Crippen molar-refractivity contribution in [2.45, 2.75) is 13.1 Å². The zero-order valence-electron chi connectivity index (χ0n) is 12.4. The molecule has 0 radical (unpaired) electrons. The van der Waals surface area contributed by atoms with E-state index in [9.17, 15) is 4.79 Å². The smallest absolute Gasteiger partial charge is 0.315 e. The molecule has 3 rings (SSSR count). The van der Waals surface area contributed by atoms with Crippen LogP contribution in [-0.2, 0) is 13.1 Å². The SMILES string of the molecule is O=C(NCc1ccnc(-c2ccncc2)c1)NCc1cccs1. The highest BCUT2D eigenvalue weighted by molar-refractivity contribution is 7.09. The van der Waals surface area contributed by atoms with Crippen LogP contribution in [0.1, 0.15) is 10.4 Å². The summed E-state index contributed by atoms with van der Waals surface area (Å²) in [6.07, 6.45) is 5.22. The van der Waals surface area contributed by atoms with Crippen molar-refractivity contribution in [2.75, 3.05) is 0 Å². The molecule has 0 aromatic carbocycles. The molecule has 0 bridgehead atoms.